The maximum absolute atomic E-state index is 12.4. The molecular formula is C23H22O. The van der Waals surface area contributed by atoms with Crippen LogP contribution in [-0.2, 0) is 5.41 Å². The van der Waals surface area contributed by atoms with Crippen molar-refractivity contribution in [1.29, 1.82) is 0 Å². The molecule has 0 aliphatic carbocycles. The van der Waals surface area contributed by atoms with Crippen molar-refractivity contribution in [2.45, 2.75) is 26.2 Å². The lowest BCUT2D eigenvalue weighted by Gasteiger charge is -2.18. The topological polar surface area (TPSA) is 17.1 Å². The van der Waals surface area contributed by atoms with Gasteiger partial charge in [-0.25, -0.2) is 0 Å². The van der Waals surface area contributed by atoms with Gasteiger partial charge in [-0.15, -0.1) is 0 Å². The van der Waals surface area contributed by atoms with Crippen molar-refractivity contribution >= 4 is 22.6 Å². The summed E-state index contributed by atoms with van der Waals surface area (Å²) in [6.45, 7) is 6.59. The van der Waals surface area contributed by atoms with Crippen LogP contribution < -0.4 is 0 Å². The molecule has 24 heavy (non-hydrogen) atoms. The van der Waals surface area contributed by atoms with Gasteiger partial charge in [0, 0.05) is 5.56 Å². The number of fused-ring (bicyclic) bond motifs is 1. The van der Waals surface area contributed by atoms with E-state index in [0.29, 0.717) is 0 Å². The van der Waals surface area contributed by atoms with Crippen LogP contribution in [0.2, 0.25) is 0 Å². The van der Waals surface area contributed by atoms with Crippen LogP contribution in [0.4, 0.5) is 0 Å². The quantitative estimate of drug-likeness (QED) is 0.426. The number of carbonyl (C=O) groups excluding carboxylic acids is 1. The fourth-order valence-electron chi connectivity index (χ4n) is 2.70. The summed E-state index contributed by atoms with van der Waals surface area (Å²) in [5, 5.41) is 2.24. The number of ketones is 1. The zero-order chi connectivity index (χ0) is 17.2. The van der Waals surface area contributed by atoms with Crippen LogP contribution in [0.1, 0.15) is 42.3 Å². The molecule has 0 saturated heterocycles. The van der Waals surface area contributed by atoms with Crippen molar-refractivity contribution < 1.29 is 4.79 Å². The molecule has 0 unspecified atom stereocenters. The van der Waals surface area contributed by atoms with Crippen LogP contribution in [0.15, 0.2) is 72.8 Å². The first-order valence-corrected chi connectivity index (χ1v) is 8.25. The maximum atomic E-state index is 12.4. The molecule has 0 aromatic heterocycles. The van der Waals surface area contributed by atoms with Crippen LogP contribution >= 0.6 is 0 Å². The van der Waals surface area contributed by atoms with Gasteiger partial charge >= 0.3 is 0 Å². The average Bonchev–Trinajstić information content (AvgIpc) is 2.59. The second-order valence-electron chi connectivity index (χ2n) is 7.13. The van der Waals surface area contributed by atoms with E-state index in [9.17, 15) is 4.79 Å². The third-order valence-electron chi connectivity index (χ3n) is 4.24. The van der Waals surface area contributed by atoms with Gasteiger partial charge in [0.25, 0.3) is 0 Å². The predicted molar refractivity (Wildman–Crippen MR) is 102 cm³/mol. The molecule has 0 fully saturated rings. The van der Waals surface area contributed by atoms with Crippen LogP contribution in [0.5, 0.6) is 0 Å². The molecule has 0 saturated carbocycles. The zero-order valence-electron chi connectivity index (χ0n) is 14.4. The summed E-state index contributed by atoms with van der Waals surface area (Å²) in [7, 11) is 0. The molecule has 0 aliphatic heterocycles. The molecule has 3 aromatic carbocycles. The number of hydrogen-bond donors (Lipinski definition) is 0. The van der Waals surface area contributed by atoms with E-state index in [-0.39, 0.29) is 11.2 Å². The largest absolute Gasteiger partial charge is 0.289 e. The summed E-state index contributed by atoms with van der Waals surface area (Å²) >= 11 is 0. The fraction of sp³-hybridized carbons (Fsp3) is 0.174. The van der Waals surface area contributed by atoms with E-state index < -0.39 is 0 Å². The minimum atomic E-state index is 0.0284. The third-order valence-corrected chi connectivity index (χ3v) is 4.24. The molecule has 0 atom stereocenters. The second-order valence-corrected chi connectivity index (χ2v) is 7.13. The van der Waals surface area contributed by atoms with Crippen molar-refractivity contribution in [3.05, 3.63) is 89.5 Å². The van der Waals surface area contributed by atoms with E-state index in [1.54, 1.807) is 6.08 Å². The standard InChI is InChI=1S/C23H22O/c1-23(2,3)21-13-8-17(9-14-21)10-15-22(24)20-12-11-18-6-4-5-7-19(18)16-20/h4-16H,1-3H3/b15-10+. The summed E-state index contributed by atoms with van der Waals surface area (Å²) in [5.74, 6) is 0.0284. The number of carbonyl (C=O) groups is 1. The maximum Gasteiger partial charge on any atom is 0.185 e. The van der Waals surface area contributed by atoms with Crippen LogP contribution in [-0.4, -0.2) is 5.78 Å². The molecular weight excluding hydrogens is 292 g/mol. The monoisotopic (exact) mass is 314 g/mol. The summed E-state index contributed by atoms with van der Waals surface area (Å²) in [6, 6.07) is 22.3. The molecule has 0 spiro atoms. The van der Waals surface area contributed by atoms with E-state index >= 15 is 0 Å². The number of hydrogen-bond acceptors (Lipinski definition) is 1. The summed E-state index contributed by atoms with van der Waals surface area (Å²) in [4.78, 5) is 12.4. The highest BCUT2D eigenvalue weighted by Gasteiger charge is 2.12. The Bertz CT molecular complexity index is 893. The van der Waals surface area contributed by atoms with E-state index in [4.69, 9.17) is 0 Å². The third kappa shape index (κ3) is 3.62. The SMILES string of the molecule is CC(C)(C)c1ccc(/C=C/C(=O)c2ccc3ccccc3c2)cc1. The fourth-order valence-corrected chi connectivity index (χ4v) is 2.70. The second kappa shape index (κ2) is 6.45. The lowest BCUT2D eigenvalue weighted by Crippen LogP contribution is -2.10. The first kappa shape index (κ1) is 16.2. The number of benzene rings is 3. The highest BCUT2D eigenvalue weighted by Crippen LogP contribution is 2.22. The first-order valence-electron chi connectivity index (χ1n) is 8.25. The molecule has 1 nitrogen and oxygen atoms in total. The Kier molecular flexibility index (Phi) is 4.35. The van der Waals surface area contributed by atoms with Gasteiger partial charge < -0.3 is 0 Å². The Morgan fingerprint density at radius 1 is 0.833 bits per heavy atom. The molecule has 0 heterocycles. The van der Waals surface area contributed by atoms with Crippen LogP contribution in [0.25, 0.3) is 16.8 Å². The summed E-state index contributed by atoms with van der Waals surface area (Å²) in [6.07, 6.45) is 3.53. The van der Waals surface area contributed by atoms with E-state index in [1.807, 2.05) is 42.5 Å². The van der Waals surface area contributed by atoms with Gasteiger partial charge in [0.15, 0.2) is 5.78 Å². The molecule has 0 radical (unpaired) electrons. The minimum Gasteiger partial charge on any atom is -0.289 e. The zero-order valence-corrected chi connectivity index (χ0v) is 14.4. The molecule has 1 heteroatoms. The summed E-state index contributed by atoms with van der Waals surface area (Å²) < 4.78 is 0. The predicted octanol–water partition coefficient (Wildman–Crippen LogP) is 6.03. The Morgan fingerprint density at radius 3 is 2.17 bits per heavy atom. The van der Waals surface area contributed by atoms with Gasteiger partial charge in [-0.2, -0.15) is 0 Å². The van der Waals surface area contributed by atoms with Crippen molar-refractivity contribution in [2.24, 2.45) is 0 Å². The molecule has 0 N–H and O–H groups in total. The Hall–Kier alpha value is -2.67. The normalized spacial score (nSPS) is 12.0. The lowest BCUT2D eigenvalue weighted by atomic mass is 9.87. The average molecular weight is 314 g/mol. The molecule has 0 amide bonds. The summed E-state index contributed by atoms with van der Waals surface area (Å²) in [5.41, 5.74) is 3.19. The highest BCUT2D eigenvalue weighted by molar-refractivity contribution is 6.08. The van der Waals surface area contributed by atoms with E-state index in [1.165, 1.54) is 5.56 Å². The highest BCUT2D eigenvalue weighted by atomic mass is 16.1. The van der Waals surface area contributed by atoms with Crippen LogP contribution in [0.3, 0.4) is 0 Å². The first-order chi connectivity index (χ1) is 11.4. The molecule has 0 aliphatic rings. The van der Waals surface area contributed by atoms with Crippen molar-refractivity contribution in [3.63, 3.8) is 0 Å². The van der Waals surface area contributed by atoms with E-state index in [0.717, 1.165) is 21.9 Å². The van der Waals surface area contributed by atoms with Gasteiger partial charge in [-0.3, -0.25) is 4.79 Å². The minimum absolute atomic E-state index is 0.0284. The van der Waals surface area contributed by atoms with E-state index in [2.05, 4.69) is 51.1 Å². The smallest absolute Gasteiger partial charge is 0.185 e. The molecule has 0 bridgehead atoms. The van der Waals surface area contributed by atoms with Crippen molar-refractivity contribution in [1.82, 2.24) is 0 Å². The van der Waals surface area contributed by atoms with Crippen molar-refractivity contribution in [2.75, 3.05) is 0 Å². The number of allylic oxidation sites excluding steroid dienone is 1. The molecule has 120 valence electrons. The Balaban J connectivity index is 1.79. The van der Waals surface area contributed by atoms with Crippen molar-refractivity contribution in [3.8, 4) is 0 Å². The van der Waals surface area contributed by atoms with Gasteiger partial charge in [0.1, 0.15) is 0 Å². The van der Waals surface area contributed by atoms with Gasteiger partial charge in [0.2, 0.25) is 0 Å². The van der Waals surface area contributed by atoms with Gasteiger partial charge in [-0.1, -0.05) is 87.5 Å². The molecule has 3 rings (SSSR count). The van der Waals surface area contributed by atoms with Gasteiger partial charge in [-0.05, 0) is 39.5 Å². The lowest BCUT2D eigenvalue weighted by molar-refractivity contribution is 0.104. The Labute approximate surface area is 143 Å². The number of rotatable bonds is 3. The van der Waals surface area contributed by atoms with Crippen LogP contribution in [0, 0.1) is 0 Å². The van der Waals surface area contributed by atoms with Gasteiger partial charge in [0.05, 0.1) is 0 Å². The molecule has 3 aromatic rings. The Morgan fingerprint density at radius 2 is 1.50 bits per heavy atom.